The molecule has 106 valence electrons. The van der Waals surface area contributed by atoms with Gasteiger partial charge in [-0.25, -0.2) is 13.6 Å². The van der Waals surface area contributed by atoms with Crippen LogP contribution in [0.3, 0.4) is 0 Å². The molecule has 0 amide bonds. The molecule has 0 spiro atoms. The Morgan fingerprint density at radius 2 is 1.85 bits per heavy atom. The third kappa shape index (κ3) is 3.34. The first-order valence-corrected chi connectivity index (χ1v) is 7.72. The number of hydrogen-bond acceptors (Lipinski definition) is 4. The van der Waals surface area contributed by atoms with Crippen molar-refractivity contribution in [1.29, 1.82) is 0 Å². The maximum Gasteiger partial charge on any atom is 0.238 e. The van der Waals surface area contributed by atoms with Crippen LogP contribution in [0.4, 0.5) is 5.69 Å². The molecule has 0 bridgehead atoms. The fourth-order valence-corrected chi connectivity index (χ4v) is 2.44. The van der Waals surface area contributed by atoms with Crippen LogP contribution in [0.2, 0.25) is 0 Å². The predicted octanol–water partition coefficient (Wildman–Crippen LogP) is 2.21. The van der Waals surface area contributed by atoms with Gasteiger partial charge in [-0.3, -0.25) is 4.98 Å². The van der Waals surface area contributed by atoms with Gasteiger partial charge in [-0.05, 0) is 49.2 Å². The molecule has 1 aromatic heterocycles. The lowest BCUT2D eigenvalue weighted by molar-refractivity contribution is 0.598. The van der Waals surface area contributed by atoms with Gasteiger partial charge >= 0.3 is 0 Å². The number of nitrogens with zero attached hydrogens (tertiary/aromatic N) is 1. The summed E-state index contributed by atoms with van der Waals surface area (Å²) in [5.41, 5.74) is 2.78. The van der Waals surface area contributed by atoms with Crippen LogP contribution in [-0.4, -0.2) is 13.4 Å². The van der Waals surface area contributed by atoms with Crippen molar-refractivity contribution in [2.45, 2.75) is 24.8 Å². The number of primary sulfonamides is 1. The standard InChI is InChI=1S/C14H17N3O2S/c1-10-3-4-13(20(15,18)19)9-14(10)17-11(2)12-5-7-16-8-6-12/h3-9,11,17H,1-2H3,(H2,15,18,19). The molecule has 20 heavy (non-hydrogen) atoms. The normalized spacial score (nSPS) is 12.9. The number of nitrogens with two attached hydrogens (primary N) is 1. The van der Waals surface area contributed by atoms with Crippen LogP contribution in [0.5, 0.6) is 0 Å². The van der Waals surface area contributed by atoms with E-state index in [1.54, 1.807) is 24.5 Å². The summed E-state index contributed by atoms with van der Waals surface area (Å²) in [5, 5.41) is 8.44. The number of benzene rings is 1. The summed E-state index contributed by atoms with van der Waals surface area (Å²) in [7, 11) is -3.69. The fourth-order valence-electron chi connectivity index (χ4n) is 1.90. The highest BCUT2D eigenvalue weighted by atomic mass is 32.2. The second-order valence-electron chi connectivity index (χ2n) is 4.67. The zero-order valence-electron chi connectivity index (χ0n) is 11.4. The van der Waals surface area contributed by atoms with Crippen molar-refractivity contribution in [2.24, 2.45) is 5.14 Å². The van der Waals surface area contributed by atoms with E-state index in [4.69, 9.17) is 5.14 Å². The minimum atomic E-state index is -3.69. The van der Waals surface area contributed by atoms with Gasteiger partial charge in [0.05, 0.1) is 4.90 Å². The number of pyridine rings is 1. The molecule has 1 atom stereocenters. The first kappa shape index (κ1) is 14.5. The zero-order valence-corrected chi connectivity index (χ0v) is 12.2. The molecule has 0 aliphatic rings. The summed E-state index contributed by atoms with van der Waals surface area (Å²) in [6.07, 6.45) is 3.45. The highest BCUT2D eigenvalue weighted by Gasteiger charge is 2.12. The molecule has 2 aromatic rings. The van der Waals surface area contributed by atoms with Gasteiger partial charge in [0, 0.05) is 24.1 Å². The molecular formula is C14H17N3O2S. The van der Waals surface area contributed by atoms with Gasteiger partial charge in [0.15, 0.2) is 0 Å². The van der Waals surface area contributed by atoms with E-state index in [2.05, 4.69) is 10.3 Å². The van der Waals surface area contributed by atoms with Crippen molar-refractivity contribution in [3.8, 4) is 0 Å². The van der Waals surface area contributed by atoms with Crippen molar-refractivity contribution < 1.29 is 8.42 Å². The van der Waals surface area contributed by atoms with E-state index in [0.717, 1.165) is 16.8 Å². The molecule has 0 saturated heterocycles. The van der Waals surface area contributed by atoms with Crippen LogP contribution in [-0.2, 0) is 10.0 Å². The summed E-state index contributed by atoms with van der Waals surface area (Å²) < 4.78 is 22.8. The summed E-state index contributed by atoms with van der Waals surface area (Å²) in [5.74, 6) is 0. The summed E-state index contributed by atoms with van der Waals surface area (Å²) in [4.78, 5) is 4.08. The number of anilines is 1. The Hall–Kier alpha value is -1.92. The van der Waals surface area contributed by atoms with Crippen molar-refractivity contribution in [3.05, 3.63) is 53.9 Å². The van der Waals surface area contributed by atoms with Gasteiger partial charge in [0.1, 0.15) is 0 Å². The number of hydrogen-bond donors (Lipinski definition) is 2. The number of aromatic nitrogens is 1. The summed E-state index contributed by atoms with van der Waals surface area (Å²) >= 11 is 0. The van der Waals surface area contributed by atoms with Gasteiger partial charge in [0.25, 0.3) is 0 Å². The van der Waals surface area contributed by atoms with Crippen molar-refractivity contribution >= 4 is 15.7 Å². The molecule has 6 heteroatoms. The van der Waals surface area contributed by atoms with E-state index >= 15 is 0 Å². The van der Waals surface area contributed by atoms with Crippen LogP contribution in [0, 0.1) is 6.92 Å². The lowest BCUT2D eigenvalue weighted by Crippen LogP contribution is -2.13. The molecule has 5 nitrogen and oxygen atoms in total. The molecular weight excluding hydrogens is 274 g/mol. The van der Waals surface area contributed by atoms with Gasteiger partial charge in [0.2, 0.25) is 10.0 Å². The molecule has 1 heterocycles. The lowest BCUT2D eigenvalue weighted by Gasteiger charge is -2.18. The van der Waals surface area contributed by atoms with E-state index < -0.39 is 10.0 Å². The SMILES string of the molecule is Cc1ccc(S(N)(=O)=O)cc1NC(C)c1ccncc1. The Bertz CT molecular complexity index is 700. The Morgan fingerprint density at radius 1 is 1.20 bits per heavy atom. The van der Waals surface area contributed by atoms with Crippen LogP contribution in [0.15, 0.2) is 47.6 Å². The second kappa shape index (κ2) is 5.60. The molecule has 3 N–H and O–H groups in total. The third-order valence-corrected chi connectivity index (χ3v) is 4.03. The number of sulfonamides is 1. The average molecular weight is 291 g/mol. The topological polar surface area (TPSA) is 85.1 Å². The maximum absolute atomic E-state index is 11.4. The molecule has 0 radical (unpaired) electrons. The number of nitrogens with one attached hydrogen (secondary N) is 1. The predicted molar refractivity (Wildman–Crippen MR) is 78.8 cm³/mol. The third-order valence-electron chi connectivity index (χ3n) is 3.12. The van der Waals surface area contributed by atoms with E-state index in [1.807, 2.05) is 26.0 Å². The Labute approximate surface area is 118 Å². The molecule has 0 saturated carbocycles. The first-order valence-electron chi connectivity index (χ1n) is 6.18. The van der Waals surface area contributed by atoms with E-state index in [-0.39, 0.29) is 10.9 Å². The Kier molecular flexibility index (Phi) is 4.06. The minimum absolute atomic E-state index is 0.0347. The summed E-state index contributed by atoms with van der Waals surface area (Å²) in [6, 6.07) is 8.66. The molecule has 0 aliphatic heterocycles. The van der Waals surface area contributed by atoms with Crippen LogP contribution < -0.4 is 10.5 Å². The smallest absolute Gasteiger partial charge is 0.238 e. The minimum Gasteiger partial charge on any atom is -0.378 e. The van der Waals surface area contributed by atoms with Crippen LogP contribution >= 0.6 is 0 Å². The van der Waals surface area contributed by atoms with Gasteiger partial charge in [-0.1, -0.05) is 6.07 Å². The van der Waals surface area contributed by atoms with E-state index in [9.17, 15) is 8.42 Å². The number of aryl methyl sites for hydroxylation is 1. The fraction of sp³-hybridized carbons (Fsp3) is 0.214. The monoisotopic (exact) mass is 291 g/mol. The summed E-state index contributed by atoms with van der Waals surface area (Å²) in [6.45, 7) is 3.91. The van der Waals surface area contributed by atoms with Gasteiger partial charge in [-0.2, -0.15) is 0 Å². The Balaban J connectivity index is 2.30. The van der Waals surface area contributed by atoms with Crippen molar-refractivity contribution in [2.75, 3.05) is 5.32 Å². The zero-order chi connectivity index (χ0) is 14.8. The van der Waals surface area contributed by atoms with Gasteiger partial charge < -0.3 is 5.32 Å². The van der Waals surface area contributed by atoms with E-state index in [0.29, 0.717) is 0 Å². The molecule has 0 fully saturated rings. The molecule has 1 unspecified atom stereocenters. The van der Waals surface area contributed by atoms with Crippen LogP contribution in [0.1, 0.15) is 24.1 Å². The van der Waals surface area contributed by atoms with Crippen LogP contribution in [0.25, 0.3) is 0 Å². The lowest BCUT2D eigenvalue weighted by atomic mass is 10.1. The molecule has 2 rings (SSSR count). The quantitative estimate of drug-likeness (QED) is 0.904. The van der Waals surface area contributed by atoms with Crippen molar-refractivity contribution in [3.63, 3.8) is 0 Å². The molecule has 1 aromatic carbocycles. The Morgan fingerprint density at radius 3 is 2.45 bits per heavy atom. The highest BCUT2D eigenvalue weighted by Crippen LogP contribution is 2.24. The second-order valence-corrected chi connectivity index (χ2v) is 6.23. The largest absolute Gasteiger partial charge is 0.378 e. The first-order chi connectivity index (χ1) is 9.38. The van der Waals surface area contributed by atoms with E-state index in [1.165, 1.54) is 6.07 Å². The number of rotatable bonds is 4. The van der Waals surface area contributed by atoms with Gasteiger partial charge in [-0.15, -0.1) is 0 Å². The highest BCUT2D eigenvalue weighted by molar-refractivity contribution is 7.89. The average Bonchev–Trinajstić information content (AvgIpc) is 2.41. The van der Waals surface area contributed by atoms with Crippen molar-refractivity contribution in [1.82, 2.24) is 4.98 Å². The molecule has 0 aliphatic carbocycles. The maximum atomic E-state index is 11.4.